The smallest absolute Gasteiger partial charge is 0.0465 e. The molecule has 0 aromatic heterocycles. The van der Waals surface area contributed by atoms with Crippen LogP contribution in [0.3, 0.4) is 0 Å². The van der Waals surface area contributed by atoms with Crippen LogP contribution in [0.2, 0.25) is 0 Å². The first kappa shape index (κ1) is 29.5. The molecule has 0 amide bonds. The summed E-state index contributed by atoms with van der Waals surface area (Å²) >= 11 is 0. The van der Waals surface area contributed by atoms with E-state index in [1.807, 2.05) is 0 Å². The number of fused-ring (bicyclic) bond motifs is 3. The molecule has 2 heteroatoms. The number of rotatable bonds is 7. The van der Waals surface area contributed by atoms with E-state index in [9.17, 15) is 0 Å². The zero-order valence-corrected chi connectivity index (χ0v) is 27.6. The summed E-state index contributed by atoms with van der Waals surface area (Å²) < 4.78 is 0. The second kappa shape index (κ2) is 12.1. The third-order valence-corrected chi connectivity index (χ3v) is 9.85. The van der Waals surface area contributed by atoms with Gasteiger partial charge in [0.1, 0.15) is 0 Å². The van der Waals surface area contributed by atoms with Crippen molar-refractivity contribution in [2.75, 3.05) is 9.80 Å². The second-order valence-electron chi connectivity index (χ2n) is 13.0. The predicted octanol–water partition coefficient (Wildman–Crippen LogP) is 12.6. The maximum Gasteiger partial charge on any atom is 0.0465 e. The van der Waals surface area contributed by atoms with E-state index in [1.54, 1.807) is 0 Å². The number of para-hydroxylation sites is 2. The van der Waals surface area contributed by atoms with Crippen LogP contribution in [0.25, 0.3) is 11.1 Å². The van der Waals surface area contributed by atoms with E-state index in [2.05, 4.69) is 206 Å². The number of nitrogens with zero attached hydrogens (tertiary/aromatic N) is 2. The fourth-order valence-corrected chi connectivity index (χ4v) is 7.30. The largest absolute Gasteiger partial charge is 0.310 e. The van der Waals surface area contributed by atoms with E-state index in [0.29, 0.717) is 0 Å². The molecule has 0 N–H and O–H groups in total. The van der Waals surface area contributed by atoms with E-state index in [0.717, 1.165) is 34.1 Å². The normalized spacial score (nSPS) is 12.6. The molecule has 0 fully saturated rings. The number of hydrogen-bond acceptors (Lipinski definition) is 2. The highest BCUT2D eigenvalue weighted by Gasteiger charge is 2.41. The Hall–Kier alpha value is -5.86. The molecule has 0 saturated carbocycles. The van der Waals surface area contributed by atoms with Gasteiger partial charge in [-0.3, -0.25) is 0 Å². The lowest BCUT2D eigenvalue weighted by atomic mass is 9.74. The summed E-state index contributed by atoms with van der Waals surface area (Å²) in [5.41, 5.74) is 15.4. The zero-order chi connectivity index (χ0) is 32.7. The molecule has 0 atom stereocenters. The molecule has 1 aliphatic carbocycles. The molecule has 2 nitrogen and oxygen atoms in total. The van der Waals surface area contributed by atoms with E-state index in [-0.39, 0.29) is 5.41 Å². The van der Waals surface area contributed by atoms with Crippen molar-refractivity contribution in [3.8, 4) is 11.1 Å². The highest BCUT2D eigenvalue weighted by molar-refractivity contribution is 5.89. The Bertz CT molecular complexity index is 2050. The minimum absolute atomic E-state index is 0.372. The number of anilines is 6. The summed E-state index contributed by atoms with van der Waals surface area (Å²) in [6, 6.07) is 64.1. The van der Waals surface area contributed by atoms with Crippen molar-refractivity contribution in [2.24, 2.45) is 0 Å². The van der Waals surface area contributed by atoms with Gasteiger partial charge in [0, 0.05) is 39.5 Å². The predicted molar refractivity (Wildman–Crippen MR) is 203 cm³/mol. The molecule has 0 unspecified atom stereocenters. The highest BCUT2D eigenvalue weighted by atomic mass is 15.1. The molecule has 0 heterocycles. The quantitative estimate of drug-likeness (QED) is 0.175. The molecule has 0 aliphatic heterocycles. The lowest BCUT2D eigenvalue weighted by molar-refractivity contribution is 0.714. The van der Waals surface area contributed by atoms with Crippen molar-refractivity contribution in [3.05, 3.63) is 204 Å². The Labute approximate surface area is 284 Å². The number of hydrogen-bond donors (Lipinski definition) is 0. The van der Waals surface area contributed by atoms with Gasteiger partial charge in [0.05, 0.1) is 0 Å². The summed E-state index contributed by atoms with van der Waals surface area (Å²) in [5, 5.41) is 0. The first-order valence-electron chi connectivity index (χ1n) is 16.7. The molecular formula is C46H38N2. The molecule has 48 heavy (non-hydrogen) atoms. The van der Waals surface area contributed by atoms with Crippen molar-refractivity contribution in [3.63, 3.8) is 0 Å². The molecule has 0 bridgehead atoms. The van der Waals surface area contributed by atoms with E-state index in [4.69, 9.17) is 0 Å². The maximum absolute atomic E-state index is 2.42. The van der Waals surface area contributed by atoms with Crippen molar-refractivity contribution in [1.29, 1.82) is 0 Å². The van der Waals surface area contributed by atoms with Gasteiger partial charge in [-0.05, 0) is 121 Å². The van der Waals surface area contributed by atoms with Gasteiger partial charge >= 0.3 is 0 Å². The summed E-state index contributed by atoms with van der Waals surface area (Å²) in [5.74, 6) is 0. The topological polar surface area (TPSA) is 6.48 Å². The van der Waals surface area contributed by atoms with Crippen LogP contribution in [0.15, 0.2) is 176 Å². The van der Waals surface area contributed by atoms with Crippen molar-refractivity contribution >= 4 is 34.1 Å². The van der Waals surface area contributed by atoms with Gasteiger partial charge in [-0.2, -0.15) is 0 Å². The minimum atomic E-state index is -0.372. The summed E-state index contributed by atoms with van der Waals surface area (Å²) in [4.78, 5) is 4.74. The summed E-state index contributed by atoms with van der Waals surface area (Å²) in [6.45, 7) is 6.68. The van der Waals surface area contributed by atoms with Gasteiger partial charge in [-0.15, -0.1) is 0 Å². The molecule has 0 saturated heterocycles. The van der Waals surface area contributed by atoms with E-state index in [1.165, 1.54) is 38.9 Å². The van der Waals surface area contributed by atoms with Gasteiger partial charge in [0.25, 0.3) is 0 Å². The monoisotopic (exact) mass is 618 g/mol. The van der Waals surface area contributed by atoms with Crippen LogP contribution in [-0.2, 0) is 5.41 Å². The number of aryl methyl sites for hydroxylation is 2. The second-order valence-corrected chi connectivity index (χ2v) is 13.0. The van der Waals surface area contributed by atoms with Crippen LogP contribution >= 0.6 is 0 Å². The Kier molecular flexibility index (Phi) is 7.42. The number of benzene rings is 7. The molecule has 1 aliphatic rings. The van der Waals surface area contributed by atoms with Gasteiger partial charge in [-0.1, -0.05) is 114 Å². The third kappa shape index (κ3) is 5.07. The van der Waals surface area contributed by atoms with E-state index >= 15 is 0 Å². The van der Waals surface area contributed by atoms with Crippen LogP contribution in [0.4, 0.5) is 34.1 Å². The van der Waals surface area contributed by atoms with Crippen molar-refractivity contribution < 1.29 is 0 Å². The minimum Gasteiger partial charge on any atom is -0.310 e. The van der Waals surface area contributed by atoms with Gasteiger partial charge in [0.15, 0.2) is 0 Å². The molecule has 7 aromatic carbocycles. The summed E-state index contributed by atoms with van der Waals surface area (Å²) in [7, 11) is 0. The SMILES string of the molecule is Cc1ccc(N(c2ccccc2)c2ccc3c(c2)C(C)(c2ccccc2)c2cc(N(c4ccccc4)c4ccc(C)cc4)ccc2-3)cc1. The van der Waals surface area contributed by atoms with Crippen molar-refractivity contribution in [2.45, 2.75) is 26.2 Å². The molecule has 7 aromatic rings. The van der Waals surface area contributed by atoms with Crippen molar-refractivity contribution in [1.82, 2.24) is 0 Å². The Balaban J connectivity index is 1.32. The van der Waals surface area contributed by atoms with E-state index < -0.39 is 0 Å². The van der Waals surface area contributed by atoms with Crippen LogP contribution in [0.1, 0.15) is 34.7 Å². The fourth-order valence-electron chi connectivity index (χ4n) is 7.30. The first-order chi connectivity index (χ1) is 23.5. The summed E-state index contributed by atoms with van der Waals surface area (Å²) in [6.07, 6.45) is 0. The Morgan fingerprint density at radius 1 is 0.354 bits per heavy atom. The van der Waals surface area contributed by atoms with Crippen LogP contribution < -0.4 is 9.80 Å². The Morgan fingerprint density at radius 2 is 0.688 bits per heavy atom. The average Bonchev–Trinajstić information content (AvgIpc) is 3.39. The zero-order valence-electron chi connectivity index (χ0n) is 27.6. The lowest BCUT2D eigenvalue weighted by Crippen LogP contribution is -2.23. The highest BCUT2D eigenvalue weighted by Crippen LogP contribution is 2.55. The first-order valence-corrected chi connectivity index (χ1v) is 16.7. The molecule has 8 rings (SSSR count). The van der Waals surface area contributed by atoms with Crippen LogP contribution in [-0.4, -0.2) is 0 Å². The standard InChI is InChI=1S/C46H38N2/c1-33-19-23-38(24-20-33)47(36-15-9-5-10-16-36)40-27-29-42-43-30-28-41(32-45(43)46(3,44(42)31-40)35-13-7-4-8-14-35)48(37-17-11-6-12-18-37)39-25-21-34(2)22-26-39/h4-32H,1-3H3. The fraction of sp³-hybridized carbons (Fsp3) is 0.0870. The average molecular weight is 619 g/mol. The van der Waals surface area contributed by atoms with Gasteiger partial charge in [-0.25, -0.2) is 0 Å². The molecular weight excluding hydrogens is 581 g/mol. The Morgan fingerprint density at radius 3 is 1.08 bits per heavy atom. The lowest BCUT2D eigenvalue weighted by Gasteiger charge is -2.32. The van der Waals surface area contributed by atoms with Gasteiger partial charge in [0.2, 0.25) is 0 Å². The van der Waals surface area contributed by atoms with Gasteiger partial charge < -0.3 is 9.80 Å². The maximum atomic E-state index is 2.42. The third-order valence-electron chi connectivity index (χ3n) is 9.85. The molecule has 0 radical (unpaired) electrons. The molecule has 0 spiro atoms. The van der Waals surface area contributed by atoms with Crippen LogP contribution in [0, 0.1) is 13.8 Å². The van der Waals surface area contributed by atoms with Crippen LogP contribution in [0.5, 0.6) is 0 Å². The molecule has 232 valence electrons.